The topological polar surface area (TPSA) is 35.5 Å². The maximum absolute atomic E-state index is 10.3. The highest BCUT2D eigenvalue weighted by Gasteiger charge is 2.53. The van der Waals surface area contributed by atoms with Crippen molar-refractivity contribution < 1.29 is 5.11 Å². The van der Waals surface area contributed by atoms with E-state index in [4.69, 9.17) is 0 Å². The van der Waals surface area contributed by atoms with Crippen molar-refractivity contribution in [3.63, 3.8) is 0 Å². The second kappa shape index (κ2) is 6.55. The first-order chi connectivity index (χ1) is 11.8. The van der Waals surface area contributed by atoms with Gasteiger partial charge in [0.15, 0.2) is 0 Å². The van der Waals surface area contributed by atoms with Gasteiger partial charge in [-0.05, 0) is 75.0 Å². The van der Waals surface area contributed by atoms with Crippen molar-refractivity contribution >= 4 is 0 Å². The molecule has 0 aromatic rings. The molecule has 0 radical (unpaired) electrons. The zero-order chi connectivity index (χ0) is 16.1. The summed E-state index contributed by atoms with van der Waals surface area (Å²) in [7, 11) is 0. The SMILES string of the molecule is OC1CCCCC1N1CCC(NC2CC3CC2C2CCCC32)CC1. The molecule has 4 aliphatic carbocycles. The molecule has 4 saturated carbocycles. The lowest BCUT2D eigenvalue weighted by Crippen LogP contribution is -2.53. The number of hydrogen-bond acceptors (Lipinski definition) is 3. The zero-order valence-corrected chi connectivity index (χ0v) is 15.2. The molecule has 0 aromatic carbocycles. The molecule has 0 spiro atoms. The Hall–Kier alpha value is -0.120. The molecule has 1 aliphatic heterocycles. The minimum absolute atomic E-state index is 0.0619. The van der Waals surface area contributed by atoms with Crippen LogP contribution in [0.3, 0.4) is 0 Å². The fourth-order valence-corrected chi connectivity index (χ4v) is 7.48. The van der Waals surface area contributed by atoms with E-state index in [1.165, 1.54) is 64.5 Å². The normalized spacial score (nSPS) is 49.6. The van der Waals surface area contributed by atoms with Crippen LogP contribution >= 0.6 is 0 Å². The fourth-order valence-electron chi connectivity index (χ4n) is 7.48. The van der Waals surface area contributed by atoms with Crippen molar-refractivity contribution in [1.29, 1.82) is 0 Å². The van der Waals surface area contributed by atoms with Gasteiger partial charge in [-0.25, -0.2) is 0 Å². The average Bonchev–Trinajstić information content (AvgIpc) is 3.29. The lowest BCUT2D eigenvalue weighted by molar-refractivity contribution is 0.00578. The van der Waals surface area contributed by atoms with Crippen molar-refractivity contribution in [3.8, 4) is 0 Å². The lowest BCUT2D eigenvalue weighted by atomic mass is 9.78. The number of rotatable bonds is 3. The highest BCUT2D eigenvalue weighted by atomic mass is 16.3. The van der Waals surface area contributed by atoms with E-state index < -0.39 is 0 Å². The number of aliphatic hydroxyl groups excluding tert-OH is 1. The molecular weight excluding hydrogens is 296 g/mol. The first-order valence-corrected chi connectivity index (χ1v) is 11.0. The van der Waals surface area contributed by atoms with Gasteiger partial charge in [-0.1, -0.05) is 19.3 Å². The molecule has 5 rings (SSSR count). The quantitative estimate of drug-likeness (QED) is 0.833. The highest BCUT2D eigenvalue weighted by molar-refractivity contribution is 5.06. The summed E-state index contributed by atoms with van der Waals surface area (Å²) in [5.41, 5.74) is 0. The van der Waals surface area contributed by atoms with Gasteiger partial charge >= 0.3 is 0 Å². The lowest BCUT2D eigenvalue weighted by Gasteiger charge is -2.43. The Morgan fingerprint density at radius 2 is 1.54 bits per heavy atom. The molecule has 7 unspecified atom stereocenters. The summed E-state index contributed by atoms with van der Waals surface area (Å²) in [6, 6.07) is 2.04. The van der Waals surface area contributed by atoms with Gasteiger partial charge in [-0.3, -0.25) is 4.90 Å². The van der Waals surface area contributed by atoms with E-state index in [0.717, 1.165) is 42.2 Å². The third kappa shape index (κ3) is 2.75. The van der Waals surface area contributed by atoms with Crippen LogP contribution in [-0.4, -0.2) is 47.3 Å². The van der Waals surface area contributed by atoms with Gasteiger partial charge in [-0.15, -0.1) is 0 Å². The Balaban J connectivity index is 1.13. The summed E-state index contributed by atoms with van der Waals surface area (Å²) in [6.45, 7) is 2.40. The van der Waals surface area contributed by atoms with Crippen molar-refractivity contribution in [3.05, 3.63) is 0 Å². The summed E-state index contributed by atoms with van der Waals surface area (Å²) >= 11 is 0. The van der Waals surface area contributed by atoms with Gasteiger partial charge < -0.3 is 10.4 Å². The van der Waals surface area contributed by atoms with Gasteiger partial charge in [0.25, 0.3) is 0 Å². The number of likely N-dealkylation sites (tertiary alicyclic amines) is 1. The first kappa shape index (κ1) is 16.1. The third-order valence-electron chi connectivity index (χ3n) is 8.57. The Morgan fingerprint density at radius 3 is 2.38 bits per heavy atom. The molecule has 24 heavy (non-hydrogen) atoms. The molecular formula is C21H36N2O. The summed E-state index contributed by atoms with van der Waals surface area (Å²) in [6.07, 6.45) is 14.9. The molecule has 3 nitrogen and oxygen atoms in total. The zero-order valence-electron chi connectivity index (χ0n) is 15.2. The van der Waals surface area contributed by atoms with Gasteiger partial charge in [0.1, 0.15) is 0 Å². The van der Waals surface area contributed by atoms with Crippen molar-refractivity contribution in [1.82, 2.24) is 10.2 Å². The Morgan fingerprint density at radius 1 is 0.750 bits per heavy atom. The Bertz CT molecular complexity index is 447. The van der Waals surface area contributed by atoms with E-state index in [0.29, 0.717) is 6.04 Å². The van der Waals surface area contributed by atoms with Crippen molar-refractivity contribution in [2.24, 2.45) is 23.7 Å². The van der Waals surface area contributed by atoms with Gasteiger partial charge in [0.05, 0.1) is 6.10 Å². The molecule has 0 amide bonds. The van der Waals surface area contributed by atoms with Crippen LogP contribution in [0.25, 0.3) is 0 Å². The average molecular weight is 333 g/mol. The van der Waals surface area contributed by atoms with Crippen LogP contribution in [-0.2, 0) is 0 Å². The molecule has 5 fully saturated rings. The molecule has 7 atom stereocenters. The van der Waals surface area contributed by atoms with Crippen LogP contribution in [0.15, 0.2) is 0 Å². The predicted octanol–water partition coefficient (Wildman–Crippen LogP) is 3.17. The standard InChI is InChI=1S/C21H36N2O/c24-21-7-2-1-6-20(21)23-10-8-15(9-11-23)22-19-13-14-12-18(19)17-5-3-4-16(14)17/h14-22,24H,1-13H2. The van der Waals surface area contributed by atoms with E-state index in [1.54, 1.807) is 12.8 Å². The van der Waals surface area contributed by atoms with Crippen LogP contribution in [0.5, 0.6) is 0 Å². The maximum Gasteiger partial charge on any atom is 0.0695 e. The highest BCUT2D eigenvalue weighted by Crippen LogP contribution is 2.58. The van der Waals surface area contributed by atoms with Crippen LogP contribution in [0.2, 0.25) is 0 Å². The Kier molecular flexibility index (Phi) is 4.39. The molecule has 2 bridgehead atoms. The fraction of sp³-hybridized carbons (Fsp3) is 1.00. The van der Waals surface area contributed by atoms with Gasteiger partial charge in [0, 0.05) is 31.2 Å². The molecule has 2 N–H and O–H groups in total. The minimum Gasteiger partial charge on any atom is -0.391 e. The van der Waals surface area contributed by atoms with Gasteiger partial charge in [0.2, 0.25) is 0 Å². The van der Waals surface area contributed by atoms with Crippen molar-refractivity contribution in [2.75, 3.05) is 13.1 Å². The predicted molar refractivity (Wildman–Crippen MR) is 96.8 cm³/mol. The third-order valence-corrected chi connectivity index (χ3v) is 8.57. The monoisotopic (exact) mass is 332 g/mol. The number of nitrogens with one attached hydrogen (secondary N) is 1. The van der Waals surface area contributed by atoms with Crippen LogP contribution in [0, 0.1) is 23.7 Å². The summed E-state index contributed by atoms with van der Waals surface area (Å²) < 4.78 is 0. The second-order valence-corrected chi connectivity index (χ2v) is 9.66. The van der Waals surface area contributed by atoms with Crippen LogP contribution < -0.4 is 5.32 Å². The summed E-state index contributed by atoms with van der Waals surface area (Å²) in [5, 5.41) is 14.4. The molecule has 1 heterocycles. The summed E-state index contributed by atoms with van der Waals surface area (Å²) in [4.78, 5) is 2.61. The smallest absolute Gasteiger partial charge is 0.0695 e. The van der Waals surface area contributed by atoms with E-state index >= 15 is 0 Å². The largest absolute Gasteiger partial charge is 0.391 e. The minimum atomic E-state index is -0.0619. The molecule has 3 heteroatoms. The maximum atomic E-state index is 10.3. The van der Waals surface area contributed by atoms with Crippen LogP contribution in [0.1, 0.15) is 70.6 Å². The van der Waals surface area contributed by atoms with Crippen LogP contribution in [0.4, 0.5) is 0 Å². The number of hydrogen-bond donors (Lipinski definition) is 2. The summed E-state index contributed by atoms with van der Waals surface area (Å²) in [5.74, 6) is 4.28. The van der Waals surface area contributed by atoms with E-state index in [2.05, 4.69) is 10.2 Å². The van der Waals surface area contributed by atoms with Crippen molar-refractivity contribution in [2.45, 2.75) is 94.9 Å². The second-order valence-electron chi connectivity index (χ2n) is 9.66. The number of piperidine rings is 1. The molecule has 136 valence electrons. The van der Waals surface area contributed by atoms with E-state index in [1.807, 2.05) is 0 Å². The molecule has 1 saturated heterocycles. The molecule has 0 aromatic heterocycles. The number of fused-ring (bicyclic) bond motifs is 5. The first-order valence-electron chi connectivity index (χ1n) is 11.0. The van der Waals surface area contributed by atoms with Gasteiger partial charge in [-0.2, -0.15) is 0 Å². The number of aliphatic hydroxyl groups is 1. The van der Waals surface area contributed by atoms with E-state index in [9.17, 15) is 5.11 Å². The molecule has 5 aliphatic rings. The Labute approximate surface area is 147 Å². The number of nitrogens with zero attached hydrogens (tertiary/aromatic N) is 1. The van der Waals surface area contributed by atoms with E-state index in [-0.39, 0.29) is 6.10 Å².